The molecule has 0 aromatic heterocycles. The monoisotopic (exact) mass is 299 g/mol. The van der Waals surface area contributed by atoms with E-state index >= 15 is 0 Å². The molecule has 0 radical (unpaired) electrons. The number of carbonyl (C=O) groups excluding carboxylic acids is 1. The van der Waals surface area contributed by atoms with Crippen molar-refractivity contribution in [2.45, 2.75) is 12.0 Å². The van der Waals surface area contributed by atoms with E-state index < -0.39 is 12.0 Å². The molecule has 0 saturated carbocycles. The van der Waals surface area contributed by atoms with Gasteiger partial charge in [0.15, 0.2) is 5.78 Å². The number of Topliss-reactive ketones (excluding diaryl/α,β-unsaturated/α-hetero) is 1. The van der Waals surface area contributed by atoms with Gasteiger partial charge in [0, 0.05) is 10.0 Å². The Bertz CT molecular complexity index is 521. The molecular formula is C13H11Cl2NO3. The summed E-state index contributed by atoms with van der Waals surface area (Å²) in [5, 5.41) is 9.96. The lowest BCUT2D eigenvalue weighted by atomic mass is 9.93. The van der Waals surface area contributed by atoms with Crippen molar-refractivity contribution in [1.82, 2.24) is 0 Å². The van der Waals surface area contributed by atoms with Gasteiger partial charge in [-0.15, -0.1) is 0 Å². The van der Waals surface area contributed by atoms with Crippen LogP contribution < -0.4 is 0 Å². The topological polar surface area (TPSA) is 59.3 Å². The summed E-state index contributed by atoms with van der Waals surface area (Å²) in [4.78, 5) is 12.2. The van der Waals surface area contributed by atoms with Gasteiger partial charge in [-0.05, 0) is 17.7 Å². The maximum absolute atomic E-state index is 12.2. The number of rotatable bonds is 3. The van der Waals surface area contributed by atoms with Gasteiger partial charge in [0.05, 0.1) is 25.9 Å². The van der Waals surface area contributed by atoms with Crippen LogP contribution in [0.1, 0.15) is 11.5 Å². The van der Waals surface area contributed by atoms with Crippen LogP contribution in [-0.2, 0) is 14.3 Å². The summed E-state index contributed by atoms with van der Waals surface area (Å²) in [5.41, 5.74) is 0.438. The van der Waals surface area contributed by atoms with Crippen molar-refractivity contribution in [1.29, 1.82) is 5.26 Å². The first-order chi connectivity index (χ1) is 9.13. The minimum Gasteiger partial charge on any atom is -0.376 e. The van der Waals surface area contributed by atoms with Gasteiger partial charge in [0.1, 0.15) is 12.0 Å². The molecule has 2 unspecified atom stereocenters. The van der Waals surface area contributed by atoms with Crippen LogP contribution in [0.2, 0.25) is 10.0 Å². The first-order valence-electron chi connectivity index (χ1n) is 5.71. The molecule has 1 heterocycles. The van der Waals surface area contributed by atoms with Gasteiger partial charge >= 0.3 is 0 Å². The lowest BCUT2D eigenvalue weighted by Gasteiger charge is -2.23. The fourth-order valence-corrected chi connectivity index (χ4v) is 2.38. The second kappa shape index (κ2) is 6.36. The van der Waals surface area contributed by atoms with Gasteiger partial charge in [0.25, 0.3) is 0 Å². The zero-order chi connectivity index (χ0) is 13.8. The summed E-state index contributed by atoms with van der Waals surface area (Å²) < 4.78 is 10.5. The van der Waals surface area contributed by atoms with Crippen molar-refractivity contribution in [2.75, 3.05) is 19.8 Å². The Morgan fingerprint density at radius 2 is 2.21 bits per heavy atom. The highest BCUT2D eigenvalue weighted by Crippen LogP contribution is 2.29. The normalized spacial score (nSPS) is 20.6. The van der Waals surface area contributed by atoms with Gasteiger partial charge in [0.2, 0.25) is 0 Å². The summed E-state index contributed by atoms with van der Waals surface area (Å²) in [6, 6.07) is 6.65. The van der Waals surface area contributed by atoms with E-state index in [4.69, 9.17) is 32.7 Å². The van der Waals surface area contributed by atoms with Gasteiger partial charge < -0.3 is 9.47 Å². The Morgan fingerprint density at radius 3 is 2.79 bits per heavy atom. The molecule has 1 aliphatic rings. The number of benzene rings is 1. The SMILES string of the molecule is N#CC(C(=O)C1COCCO1)c1ccc(Cl)cc1Cl. The van der Waals surface area contributed by atoms with Crippen molar-refractivity contribution in [3.05, 3.63) is 33.8 Å². The fraction of sp³-hybridized carbons (Fsp3) is 0.385. The molecule has 100 valence electrons. The largest absolute Gasteiger partial charge is 0.376 e. The Kier molecular flexibility index (Phi) is 4.78. The Hall–Kier alpha value is -1.12. The van der Waals surface area contributed by atoms with E-state index in [0.717, 1.165) is 0 Å². The molecular weight excluding hydrogens is 289 g/mol. The molecule has 0 amide bonds. The zero-order valence-corrected chi connectivity index (χ0v) is 11.4. The standard InChI is InChI=1S/C13H11Cl2NO3/c14-8-1-2-9(11(15)5-8)10(6-16)13(17)12-7-18-3-4-19-12/h1-2,5,10,12H,3-4,7H2. The van der Waals surface area contributed by atoms with Crippen LogP contribution in [0, 0.1) is 11.3 Å². The summed E-state index contributed by atoms with van der Waals surface area (Å²) >= 11 is 11.8. The van der Waals surface area contributed by atoms with E-state index in [1.54, 1.807) is 12.1 Å². The number of ether oxygens (including phenoxy) is 2. The maximum atomic E-state index is 12.2. The van der Waals surface area contributed by atoms with Crippen LogP contribution in [-0.4, -0.2) is 31.7 Å². The second-order valence-corrected chi connectivity index (χ2v) is 4.91. The number of nitrogens with zero attached hydrogens (tertiary/aromatic N) is 1. The van der Waals surface area contributed by atoms with Crippen LogP contribution in [0.5, 0.6) is 0 Å². The summed E-state index contributed by atoms with van der Waals surface area (Å²) in [6.45, 7) is 0.980. The molecule has 1 aromatic carbocycles. The Morgan fingerprint density at radius 1 is 1.42 bits per heavy atom. The molecule has 0 spiro atoms. The van der Waals surface area contributed by atoms with Gasteiger partial charge in [-0.1, -0.05) is 29.3 Å². The number of carbonyl (C=O) groups is 1. The predicted molar refractivity (Wildman–Crippen MR) is 70.4 cm³/mol. The number of ketones is 1. The summed E-state index contributed by atoms with van der Waals surface area (Å²) in [6.07, 6.45) is -0.717. The number of hydrogen-bond acceptors (Lipinski definition) is 4. The smallest absolute Gasteiger partial charge is 0.185 e. The van der Waals surface area contributed by atoms with Crippen molar-refractivity contribution in [2.24, 2.45) is 0 Å². The van der Waals surface area contributed by atoms with Gasteiger partial charge in [-0.25, -0.2) is 0 Å². The lowest BCUT2D eigenvalue weighted by molar-refractivity contribution is -0.145. The third-order valence-corrected chi connectivity index (χ3v) is 3.38. The number of nitriles is 1. The van der Waals surface area contributed by atoms with Gasteiger partial charge in [-0.2, -0.15) is 5.26 Å². The van der Waals surface area contributed by atoms with Crippen LogP contribution in [0.4, 0.5) is 0 Å². The first kappa shape index (κ1) is 14.3. The molecule has 1 aliphatic heterocycles. The molecule has 1 saturated heterocycles. The molecule has 1 fully saturated rings. The van der Waals surface area contributed by atoms with E-state index in [1.165, 1.54) is 6.07 Å². The lowest BCUT2D eigenvalue weighted by Crippen LogP contribution is -2.38. The molecule has 6 heteroatoms. The zero-order valence-electron chi connectivity index (χ0n) is 9.94. The number of halogens is 2. The molecule has 2 rings (SSSR count). The minimum atomic E-state index is -0.975. The van der Waals surface area contributed by atoms with Crippen molar-refractivity contribution in [3.63, 3.8) is 0 Å². The van der Waals surface area contributed by atoms with Crippen LogP contribution >= 0.6 is 23.2 Å². The molecule has 0 bridgehead atoms. The van der Waals surface area contributed by atoms with E-state index in [-0.39, 0.29) is 12.4 Å². The van der Waals surface area contributed by atoms with E-state index in [1.807, 2.05) is 6.07 Å². The first-order valence-corrected chi connectivity index (χ1v) is 6.46. The highest BCUT2D eigenvalue weighted by Gasteiger charge is 2.32. The maximum Gasteiger partial charge on any atom is 0.185 e. The third kappa shape index (κ3) is 3.26. The molecule has 4 nitrogen and oxygen atoms in total. The molecule has 19 heavy (non-hydrogen) atoms. The predicted octanol–water partition coefficient (Wildman–Crippen LogP) is 2.59. The molecule has 0 aliphatic carbocycles. The third-order valence-electron chi connectivity index (χ3n) is 2.82. The fourth-order valence-electron chi connectivity index (χ4n) is 1.86. The van der Waals surface area contributed by atoms with Gasteiger partial charge in [-0.3, -0.25) is 4.79 Å². The van der Waals surface area contributed by atoms with Crippen LogP contribution in [0.15, 0.2) is 18.2 Å². The van der Waals surface area contributed by atoms with E-state index in [0.29, 0.717) is 28.8 Å². The van der Waals surface area contributed by atoms with E-state index in [2.05, 4.69) is 0 Å². The van der Waals surface area contributed by atoms with Crippen molar-refractivity contribution in [3.8, 4) is 6.07 Å². The summed E-state index contributed by atoms with van der Waals surface area (Å²) in [5.74, 6) is -1.32. The highest BCUT2D eigenvalue weighted by atomic mass is 35.5. The van der Waals surface area contributed by atoms with Crippen LogP contribution in [0.25, 0.3) is 0 Å². The average Bonchev–Trinajstić information content (AvgIpc) is 2.42. The quantitative estimate of drug-likeness (QED) is 0.861. The second-order valence-electron chi connectivity index (χ2n) is 4.06. The average molecular weight is 300 g/mol. The van der Waals surface area contributed by atoms with Crippen molar-refractivity contribution < 1.29 is 14.3 Å². The number of hydrogen-bond donors (Lipinski definition) is 0. The van der Waals surface area contributed by atoms with Crippen molar-refractivity contribution >= 4 is 29.0 Å². The highest BCUT2D eigenvalue weighted by molar-refractivity contribution is 6.35. The minimum absolute atomic E-state index is 0.169. The Balaban J connectivity index is 2.24. The Labute approximate surface area is 120 Å². The van der Waals surface area contributed by atoms with E-state index in [9.17, 15) is 10.1 Å². The molecule has 1 aromatic rings. The molecule has 0 N–H and O–H groups in total. The summed E-state index contributed by atoms with van der Waals surface area (Å²) in [7, 11) is 0. The molecule has 2 atom stereocenters. The van der Waals surface area contributed by atoms with Crippen LogP contribution in [0.3, 0.4) is 0 Å².